The summed E-state index contributed by atoms with van der Waals surface area (Å²) < 4.78 is 24.6. The average molecular weight is 334 g/mol. The summed E-state index contributed by atoms with van der Waals surface area (Å²) in [5, 5.41) is 12.4. The van der Waals surface area contributed by atoms with Crippen LogP contribution in [0, 0.1) is 5.82 Å². The second-order valence-corrected chi connectivity index (χ2v) is 5.51. The van der Waals surface area contributed by atoms with Gasteiger partial charge in [-0.3, -0.25) is 4.79 Å². The van der Waals surface area contributed by atoms with Crippen molar-refractivity contribution in [3.8, 4) is 0 Å². The van der Waals surface area contributed by atoms with Crippen LogP contribution in [0.4, 0.5) is 10.1 Å². The van der Waals surface area contributed by atoms with Gasteiger partial charge in [0.2, 0.25) is 0 Å². The predicted molar refractivity (Wildman–Crippen MR) is 85.4 cm³/mol. The Morgan fingerprint density at radius 2 is 2.12 bits per heavy atom. The van der Waals surface area contributed by atoms with E-state index in [2.05, 4.69) is 5.32 Å². The number of morpholine rings is 1. The molecule has 2 heterocycles. The Kier molecular flexibility index (Phi) is 5.12. The minimum Gasteiger partial charge on any atom is -0.467 e. The molecule has 1 saturated heterocycles. The first-order valence-corrected chi connectivity index (χ1v) is 7.77. The number of nitrogens with one attached hydrogen (secondary N) is 1. The topological polar surface area (TPSA) is 74.9 Å². The number of benzene rings is 1. The van der Waals surface area contributed by atoms with Crippen molar-refractivity contribution in [1.29, 1.82) is 0 Å². The maximum Gasteiger partial charge on any atom is 0.251 e. The van der Waals surface area contributed by atoms with Gasteiger partial charge in [0.25, 0.3) is 5.91 Å². The number of anilines is 1. The van der Waals surface area contributed by atoms with Crippen molar-refractivity contribution in [2.45, 2.75) is 6.10 Å². The summed E-state index contributed by atoms with van der Waals surface area (Å²) in [6.45, 7) is 2.35. The molecule has 1 aromatic heterocycles. The van der Waals surface area contributed by atoms with Gasteiger partial charge in [-0.2, -0.15) is 0 Å². The normalized spacial score (nSPS) is 16.0. The molecule has 0 aliphatic carbocycles. The zero-order valence-electron chi connectivity index (χ0n) is 13.1. The minimum atomic E-state index is -0.943. The molecular weight excluding hydrogens is 315 g/mol. The van der Waals surface area contributed by atoms with Crippen molar-refractivity contribution in [2.75, 3.05) is 37.7 Å². The van der Waals surface area contributed by atoms with Crippen LogP contribution in [-0.2, 0) is 4.74 Å². The van der Waals surface area contributed by atoms with E-state index in [0.717, 1.165) is 0 Å². The summed E-state index contributed by atoms with van der Waals surface area (Å²) in [5.41, 5.74) is 0.668. The quantitative estimate of drug-likeness (QED) is 0.871. The van der Waals surface area contributed by atoms with Gasteiger partial charge in [-0.25, -0.2) is 4.39 Å². The molecule has 1 unspecified atom stereocenters. The number of furan rings is 1. The number of hydrogen-bond acceptors (Lipinski definition) is 5. The van der Waals surface area contributed by atoms with Gasteiger partial charge in [0, 0.05) is 18.7 Å². The number of rotatable bonds is 5. The molecule has 7 heteroatoms. The third kappa shape index (κ3) is 3.74. The third-order valence-corrected chi connectivity index (χ3v) is 3.89. The van der Waals surface area contributed by atoms with Gasteiger partial charge in [0.15, 0.2) is 0 Å². The Bertz CT molecular complexity index is 684. The van der Waals surface area contributed by atoms with Crippen LogP contribution in [0.5, 0.6) is 0 Å². The number of hydrogen-bond donors (Lipinski definition) is 2. The molecule has 6 nitrogen and oxygen atoms in total. The number of aliphatic hydroxyl groups is 1. The second-order valence-electron chi connectivity index (χ2n) is 5.51. The lowest BCUT2D eigenvalue weighted by molar-refractivity contribution is 0.0900. The van der Waals surface area contributed by atoms with Gasteiger partial charge < -0.3 is 24.5 Å². The molecule has 0 spiro atoms. The number of ether oxygens (including phenoxy) is 1. The van der Waals surface area contributed by atoms with Gasteiger partial charge in [0.1, 0.15) is 17.7 Å². The maximum absolute atomic E-state index is 14.3. The lowest BCUT2D eigenvalue weighted by Crippen LogP contribution is -2.36. The van der Waals surface area contributed by atoms with Gasteiger partial charge >= 0.3 is 0 Å². The summed E-state index contributed by atoms with van der Waals surface area (Å²) in [5.74, 6) is -0.534. The van der Waals surface area contributed by atoms with Crippen molar-refractivity contribution in [3.63, 3.8) is 0 Å². The molecule has 1 atom stereocenters. The van der Waals surface area contributed by atoms with Crippen LogP contribution in [-0.4, -0.2) is 43.9 Å². The molecule has 1 aliphatic rings. The van der Waals surface area contributed by atoms with Gasteiger partial charge in [-0.15, -0.1) is 0 Å². The van der Waals surface area contributed by atoms with E-state index in [0.29, 0.717) is 37.8 Å². The summed E-state index contributed by atoms with van der Waals surface area (Å²) in [7, 11) is 0. The van der Waals surface area contributed by atoms with E-state index in [1.165, 1.54) is 12.3 Å². The Labute approximate surface area is 138 Å². The summed E-state index contributed by atoms with van der Waals surface area (Å²) in [4.78, 5) is 14.0. The molecule has 0 radical (unpaired) electrons. The monoisotopic (exact) mass is 334 g/mol. The van der Waals surface area contributed by atoms with Crippen LogP contribution < -0.4 is 10.2 Å². The molecule has 1 aromatic carbocycles. The SMILES string of the molecule is O=C(NCC(O)c1ccco1)c1ccc(N2CCOCC2)c(F)c1. The Morgan fingerprint density at radius 3 is 2.79 bits per heavy atom. The maximum atomic E-state index is 14.3. The zero-order chi connectivity index (χ0) is 16.9. The summed E-state index contributed by atoms with van der Waals surface area (Å²) >= 11 is 0. The van der Waals surface area contributed by atoms with E-state index >= 15 is 0 Å². The van der Waals surface area contributed by atoms with Crippen LogP contribution >= 0.6 is 0 Å². The van der Waals surface area contributed by atoms with Gasteiger partial charge in [0.05, 0.1) is 31.7 Å². The van der Waals surface area contributed by atoms with Crippen LogP contribution in [0.25, 0.3) is 0 Å². The highest BCUT2D eigenvalue weighted by atomic mass is 19.1. The van der Waals surface area contributed by atoms with Crippen molar-refractivity contribution in [1.82, 2.24) is 5.32 Å². The largest absolute Gasteiger partial charge is 0.467 e. The molecule has 24 heavy (non-hydrogen) atoms. The fourth-order valence-electron chi connectivity index (χ4n) is 2.58. The number of carbonyl (C=O) groups excluding carboxylic acids is 1. The second kappa shape index (κ2) is 7.46. The number of carbonyl (C=O) groups is 1. The number of halogens is 1. The fraction of sp³-hybridized carbons (Fsp3) is 0.353. The smallest absolute Gasteiger partial charge is 0.251 e. The van der Waals surface area contributed by atoms with E-state index in [-0.39, 0.29) is 12.1 Å². The third-order valence-electron chi connectivity index (χ3n) is 3.89. The first-order chi connectivity index (χ1) is 11.6. The minimum absolute atomic E-state index is 0.0147. The predicted octanol–water partition coefficient (Wildman–Crippen LogP) is 1.72. The number of nitrogens with zero attached hydrogens (tertiary/aromatic N) is 1. The van der Waals surface area contributed by atoms with E-state index in [1.807, 2.05) is 4.90 Å². The van der Waals surface area contributed by atoms with Crippen LogP contribution in [0.15, 0.2) is 41.0 Å². The van der Waals surface area contributed by atoms with E-state index in [1.54, 1.807) is 24.3 Å². The Balaban J connectivity index is 1.61. The molecule has 1 aliphatic heterocycles. The van der Waals surface area contributed by atoms with Crippen molar-refractivity contribution in [2.24, 2.45) is 0 Å². The Hall–Kier alpha value is -2.38. The van der Waals surface area contributed by atoms with Crippen LogP contribution in [0.1, 0.15) is 22.2 Å². The molecular formula is C17H19FN2O4. The molecule has 2 N–H and O–H groups in total. The highest BCUT2D eigenvalue weighted by Crippen LogP contribution is 2.21. The summed E-state index contributed by atoms with van der Waals surface area (Å²) in [6.07, 6.45) is 0.501. The fourth-order valence-corrected chi connectivity index (χ4v) is 2.58. The molecule has 1 amide bonds. The molecule has 2 aromatic rings. The highest BCUT2D eigenvalue weighted by molar-refractivity contribution is 5.94. The van der Waals surface area contributed by atoms with Crippen molar-refractivity contribution >= 4 is 11.6 Å². The van der Waals surface area contributed by atoms with Crippen molar-refractivity contribution < 1.29 is 23.4 Å². The zero-order valence-corrected chi connectivity index (χ0v) is 13.1. The lowest BCUT2D eigenvalue weighted by atomic mass is 10.1. The molecule has 3 rings (SSSR count). The van der Waals surface area contributed by atoms with E-state index < -0.39 is 17.8 Å². The highest BCUT2D eigenvalue weighted by Gasteiger charge is 2.18. The first-order valence-electron chi connectivity index (χ1n) is 7.77. The van der Waals surface area contributed by atoms with Crippen molar-refractivity contribution in [3.05, 3.63) is 53.7 Å². The van der Waals surface area contributed by atoms with E-state index in [4.69, 9.17) is 9.15 Å². The summed E-state index contributed by atoms with van der Waals surface area (Å²) in [6, 6.07) is 7.65. The molecule has 0 saturated carbocycles. The Morgan fingerprint density at radius 1 is 1.33 bits per heavy atom. The van der Waals surface area contributed by atoms with Gasteiger partial charge in [-0.05, 0) is 30.3 Å². The number of aliphatic hydroxyl groups excluding tert-OH is 1. The number of amides is 1. The molecule has 1 fully saturated rings. The standard InChI is InChI=1S/C17H19FN2O4/c18-13-10-12(3-4-14(13)20-5-8-23-9-6-20)17(22)19-11-15(21)16-2-1-7-24-16/h1-4,7,10,15,21H,5-6,8-9,11H2,(H,19,22). The van der Waals surface area contributed by atoms with Crippen LogP contribution in [0.2, 0.25) is 0 Å². The van der Waals surface area contributed by atoms with Crippen LogP contribution in [0.3, 0.4) is 0 Å². The lowest BCUT2D eigenvalue weighted by Gasteiger charge is -2.29. The molecule has 0 bridgehead atoms. The van der Waals surface area contributed by atoms with Gasteiger partial charge in [-0.1, -0.05) is 0 Å². The first kappa shape index (κ1) is 16.5. The molecule has 128 valence electrons. The average Bonchev–Trinajstić information content (AvgIpc) is 3.14. The van der Waals surface area contributed by atoms with E-state index in [9.17, 15) is 14.3 Å².